The van der Waals surface area contributed by atoms with Crippen molar-refractivity contribution in [2.24, 2.45) is 0 Å². The third-order valence-electron chi connectivity index (χ3n) is 1.37. The molecule has 0 spiro atoms. The van der Waals surface area contributed by atoms with E-state index >= 15 is 0 Å². The Morgan fingerprint density at radius 2 is 1.19 bits per heavy atom. The summed E-state index contributed by atoms with van der Waals surface area (Å²) in [6, 6.07) is 0. The molecular formula is C12H16O4. The molecule has 0 radical (unpaired) electrons. The quantitative estimate of drug-likeness (QED) is 0.392. The second-order valence-corrected chi connectivity index (χ2v) is 2.61. The molecule has 0 aliphatic carbocycles. The van der Waals surface area contributed by atoms with E-state index in [-0.39, 0.29) is 11.9 Å². The van der Waals surface area contributed by atoms with Gasteiger partial charge in [0.25, 0.3) is 0 Å². The maximum atomic E-state index is 10.8. The predicted octanol–water partition coefficient (Wildman–Crippen LogP) is 1.78. The van der Waals surface area contributed by atoms with Crippen LogP contribution < -0.4 is 0 Å². The first kappa shape index (κ1) is 14.2. The highest BCUT2D eigenvalue weighted by Crippen LogP contribution is 1.86. The number of allylic oxidation sites excluding steroid dienone is 4. The van der Waals surface area contributed by atoms with E-state index in [2.05, 4.69) is 9.47 Å². The van der Waals surface area contributed by atoms with Gasteiger partial charge in [0.2, 0.25) is 0 Å². The Morgan fingerprint density at radius 1 is 0.812 bits per heavy atom. The standard InChI is InChI=1S/C12H16O4/c1-3-15-11(13)9-7-5-6-8-10-12(14)16-4-2/h5-10H,3-4H2,1-2H3/b6-5-,9-7+,10-8+. The fraction of sp³-hybridized carbons (Fsp3) is 0.333. The number of esters is 2. The zero-order valence-electron chi connectivity index (χ0n) is 9.51. The summed E-state index contributed by atoms with van der Waals surface area (Å²) < 4.78 is 9.33. The highest BCUT2D eigenvalue weighted by atomic mass is 16.5. The van der Waals surface area contributed by atoms with Crippen molar-refractivity contribution in [3.05, 3.63) is 36.5 Å². The monoisotopic (exact) mass is 224 g/mol. The lowest BCUT2D eigenvalue weighted by molar-refractivity contribution is -0.138. The number of carbonyl (C=O) groups excluding carboxylic acids is 2. The lowest BCUT2D eigenvalue weighted by Crippen LogP contribution is -1.98. The fourth-order valence-corrected chi connectivity index (χ4v) is 0.777. The van der Waals surface area contributed by atoms with Crippen molar-refractivity contribution in [2.45, 2.75) is 13.8 Å². The topological polar surface area (TPSA) is 52.6 Å². The summed E-state index contributed by atoms with van der Waals surface area (Å²) in [5.74, 6) is -0.775. The highest BCUT2D eigenvalue weighted by molar-refractivity contribution is 5.82. The molecule has 0 bridgehead atoms. The summed E-state index contributed by atoms with van der Waals surface area (Å²) >= 11 is 0. The van der Waals surface area contributed by atoms with E-state index in [0.29, 0.717) is 13.2 Å². The maximum Gasteiger partial charge on any atom is 0.330 e. The van der Waals surface area contributed by atoms with E-state index in [1.54, 1.807) is 26.0 Å². The van der Waals surface area contributed by atoms with Crippen molar-refractivity contribution in [1.82, 2.24) is 0 Å². The van der Waals surface area contributed by atoms with Gasteiger partial charge in [-0.3, -0.25) is 0 Å². The second kappa shape index (κ2) is 9.71. The zero-order chi connectivity index (χ0) is 12.2. The molecule has 16 heavy (non-hydrogen) atoms. The van der Waals surface area contributed by atoms with Crippen molar-refractivity contribution in [3.8, 4) is 0 Å². The Morgan fingerprint density at radius 3 is 1.50 bits per heavy atom. The van der Waals surface area contributed by atoms with Gasteiger partial charge in [-0.15, -0.1) is 0 Å². The van der Waals surface area contributed by atoms with E-state index in [1.807, 2.05) is 0 Å². The third-order valence-corrected chi connectivity index (χ3v) is 1.37. The average Bonchev–Trinajstić information content (AvgIpc) is 2.24. The Bertz CT molecular complexity index is 270. The van der Waals surface area contributed by atoms with E-state index in [4.69, 9.17) is 0 Å². The largest absolute Gasteiger partial charge is 0.463 e. The molecule has 0 aromatic rings. The van der Waals surface area contributed by atoms with Crippen LogP contribution in [0.4, 0.5) is 0 Å². The molecule has 0 rings (SSSR count). The van der Waals surface area contributed by atoms with Crippen molar-refractivity contribution in [1.29, 1.82) is 0 Å². The van der Waals surface area contributed by atoms with Crippen molar-refractivity contribution < 1.29 is 19.1 Å². The first-order valence-corrected chi connectivity index (χ1v) is 5.05. The average molecular weight is 224 g/mol. The maximum absolute atomic E-state index is 10.8. The van der Waals surface area contributed by atoms with E-state index in [9.17, 15) is 9.59 Å². The van der Waals surface area contributed by atoms with E-state index in [0.717, 1.165) is 0 Å². The first-order valence-electron chi connectivity index (χ1n) is 5.05. The van der Waals surface area contributed by atoms with Gasteiger partial charge in [-0.25, -0.2) is 9.59 Å². The molecule has 0 aromatic heterocycles. The zero-order valence-corrected chi connectivity index (χ0v) is 9.51. The normalized spacial score (nSPS) is 11.4. The Hall–Kier alpha value is -1.84. The van der Waals surface area contributed by atoms with Crippen LogP contribution in [0.3, 0.4) is 0 Å². The van der Waals surface area contributed by atoms with Crippen LogP contribution in [0.1, 0.15) is 13.8 Å². The summed E-state index contributed by atoms with van der Waals surface area (Å²) in [7, 11) is 0. The van der Waals surface area contributed by atoms with Crippen LogP contribution >= 0.6 is 0 Å². The van der Waals surface area contributed by atoms with Crippen LogP contribution in [-0.4, -0.2) is 25.2 Å². The fourth-order valence-electron chi connectivity index (χ4n) is 0.777. The summed E-state index contributed by atoms with van der Waals surface area (Å²) in [6.45, 7) is 4.19. The number of carbonyl (C=O) groups is 2. The molecule has 0 aliphatic heterocycles. The van der Waals surface area contributed by atoms with Gasteiger partial charge in [-0.05, 0) is 13.8 Å². The van der Waals surface area contributed by atoms with Gasteiger partial charge in [0.1, 0.15) is 0 Å². The molecule has 0 N–H and O–H groups in total. The molecule has 0 heterocycles. The van der Waals surface area contributed by atoms with Gasteiger partial charge in [0.15, 0.2) is 0 Å². The molecule has 0 saturated heterocycles. The van der Waals surface area contributed by atoms with Crippen LogP contribution in [0, 0.1) is 0 Å². The van der Waals surface area contributed by atoms with Crippen molar-refractivity contribution >= 4 is 11.9 Å². The van der Waals surface area contributed by atoms with Crippen LogP contribution in [0.2, 0.25) is 0 Å². The van der Waals surface area contributed by atoms with Gasteiger partial charge >= 0.3 is 11.9 Å². The molecule has 4 nitrogen and oxygen atoms in total. The number of hydrogen-bond acceptors (Lipinski definition) is 4. The first-order chi connectivity index (χ1) is 7.70. The molecule has 88 valence electrons. The lowest BCUT2D eigenvalue weighted by atomic mass is 10.4. The smallest absolute Gasteiger partial charge is 0.330 e. The van der Waals surface area contributed by atoms with Crippen molar-refractivity contribution in [3.63, 3.8) is 0 Å². The van der Waals surface area contributed by atoms with Crippen molar-refractivity contribution in [2.75, 3.05) is 13.2 Å². The Balaban J connectivity index is 3.85. The van der Waals surface area contributed by atoms with Gasteiger partial charge in [0.05, 0.1) is 13.2 Å². The van der Waals surface area contributed by atoms with Gasteiger partial charge in [-0.1, -0.05) is 24.3 Å². The molecule has 0 unspecified atom stereocenters. The Kier molecular flexibility index (Phi) is 8.59. The summed E-state index contributed by atoms with van der Waals surface area (Å²) in [5.41, 5.74) is 0. The van der Waals surface area contributed by atoms with Crippen LogP contribution in [0.5, 0.6) is 0 Å². The molecule has 0 fully saturated rings. The Labute approximate surface area is 95.2 Å². The molecule has 0 saturated carbocycles. The van der Waals surface area contributed by atoms with Crippen LogP contribution in [-0.2, 0) is 19.1 Å². The number of rotatable bonds is 6. The molecule has 4 heteroatoms. The highest BCUT2D eigenvalue weighted by Gasteiger charge is 1.90. The predicted molar refractivity (Wildman–Crippen MR) is 60.7 cm³/mol. The van der Waals surface area contributed by atoms with Crippen LogP contribution in [0.15, 0.2) is 36.5 Å². The molecule has 0 aliphatic rings. The van der Waals surface area contributed by atoms with Crippen LogP contribution in [0.25, 0.3) is 0 Å². The minimum atomic E-state index is -0.387. The molecular weight excluding hydrogens is 208 g/mol. The number of hydrogen-bond donors (Lipinski definition) is 0. The van der Waals surface area contributed by atoms with E-state index in [1.165, 1.54) is 24.3 Å². The number of ether oxygens (including phenoxy) is 2. The minimum Gasteiger partial charge on any atom is -0.463 e. The molecule has 0 atom stereocenters. The third kappa shape index (κ3) is 8.74. The molecule has 0 amide bonds. The molecule has 0 aromatic carbocycles. The second-order valence-electron chi connectivity index (χ2n) is 2.61. The van der Waals surface area contributed by atoms with Gasteiger partial charge in [0, 0.05) is 12.2 Å². The van der Waals surface area contributed by atoms with E-state index < -0.39 is 0 Å². The lowest BCUT2D eigenvalue weighted by Gasteiger charge is -1.92. The SMILES string of the molecule is CCOC(=O)/C=C/C=C\C=C\C(=O)OCC. The summed E-state index contributed by atoms with van der Waals surface area (Å²) in [6.07, 6.45) is 8.91. The van der Waals surface area contributed by atoms with Gasteiger partial charge < -0.3 is 9.47 Å². The van der Waals surface area contributed by atoms with Gasteiger partial charge in [-0.2, -0.15) is 0 Å². The summed E-state index contributed by atoms with van der Waals surface area (Å²) in [4.78, 5) is 21.7. The summed E-state index contributed by atoms with van der Waals surface area (Å²) in [5, 5.41) is 0. The minimum absolute atomic E-state index is 0.357.